The lowest BCUT2D eigenvalue weighted by Gasteiger charge is -2.25. The van der Waals surface area contributed by atoms with E-state index in [9.17, 15) is 9.90 Å². The molecule has 6 heteroatoms. The summed E-state index contributed by atoms with van der Waals surface area (Å²) >= 11 is 0. The summed E-state index contributed by atoms with van der Waals surface area (Å²) in [6.45, 7) is 0.765. The van der Waals surface area contributed by atoms with E-state index >= 15 is 0 Å². The lowest BCUT2D eigenvalue weighted by atomic mass is 10.0. The fourth-order valence-electron chi connectivity index (χ4n) is 7.67. The van der Waals surface area contributed by atoms with Gasteiger partial charge in [0.1, 0.15) is 0 Å². The molecule has 1 aliphatic heterocycles. The van der Waals surface area contributed by atoms with Crippen LogP contribution < -0.4 is 18.9 Å². The van der Waals surface area contributed by atoms with E-state index < -0.39 is 11.9 Å². The summed E-state index contributed by atoms with van der Waals surface area (Å²) in [5, 5.41) is 10.2. The molecule has 3 heterocycles. The number of anilines is 6. The van der Waals surface area contributed by atoms with Gasteiger partial charge in [0.25, 0.3) is 11.4 Å². The molecule has 8 aromatic rings. The smallest absolute Gasteiger partial charge is 0.319 e. The molecule has 0 amide bonds. The Morgan fingerprint density at radius 2 is 0.714 bits per heavy atom. The minimum absolute atomic E-state index is 0.382. The zero-order valence-corrected chi connectivity index (χ0v) is 30.8. The van der Waals surface area contributed by atoms with Gasteiger partial charge in [0.15, 0.2) is 31.4 Å². The summed E-state index contributed by atoms with van der Waals surface area (Å²) in [6.07, 6.45) is 4.07. The Kier molecular flexibility index (Phi) is 9.36. The van der Waals surface area contributed by atoms with Gasteiger partial charge < -0.3 is 14.9 Å². The SMILES string of the molecule is O=C(O)C1C[n+]2ccc(-c3ccc(N(c4ccccc4)c4ccccc4)cc3)cc2-c2cc(-c3ccc(N(c4ccccc4)c4ccccc4)cc3)cc[n+]2C1. The first-order valence-corrected chi connectivity index (χ1v) is 18.9. The van der Waals surface area contributed by atoms with Crippen molar-refractivity contribution in [1.29, 1.82) is 0 Å². The standard InChI is InChI=1S/C50H39N4O2/c55-50(56)41-35-51-31-29-39(37-21-25-46(26-22-37)53(42-13-5-1-6-14-42)43-15-7-2-8-16-43)33-48(51)49-34-40(30-32-52(49)36-41)38-23-27-47(28-24-38)54(44-17-9-3-10-18-44)45-19-11-4-12-20-45/h1-34,41H,35-36H2/q+1/p+1. The molecular weight excluding hydrogens is 689 g/mol. The largest absolute Gasteiger partial charge is 0.481 e. The summed E-state index contributed by atoms with van der Waals surface area (Å²) in [5.41, 5.74) is 12.7. The highest BCUT2D eigenvalue weighted by Crippen LogP contribution is 2.37. The highest BCUT2D eigenvalue weighted by Gasteiger charge is 2.37. The average Bonchev–Trinajstić information content (AvgIpc) is 3.42. The van der Waals surface area contributed by atoms with Gasteiger partial charge in [0, 0.05) is 58.4 Å². The average molecular weight is 729 g/mol. The maximum Gasteiger partial charge on any atom is 0.319 e. The van der Waals surface area contributed by atoms with E-state index in [2.05, 4.69) is 189 Å². The Morgan fingerprint density at radius 1 is 0.411 bits per heavy atom. The molecule has 0 aliphatic carbocycles. The molecule has 1 N–H and O–H groups in total. The molecule has 6 nitrogen and oxygen atoms in total. The van der Waals surface area contributed by atoms with Crippen LogP contribution >= 0.6 is 0 Å². The molecule has 0 saturated heterocycles. The molecular formula is C50H40N4O2+2. The van der Waals surface area contributed by atoms with Gasteiger partial charge in [-0.1, -0.05) is 97.1 Å². The first-order valence-electron chi connectivity index (χ1n) is 18.9. The maximum atomic E-state index is 12.5. The van der Waals surface area contributed by atoms with E-state index in [0.29, 0.717) is 13.1 Å². The molecule has 1 aliphatic rings. The molecule has 270 valence electrons. The van der Waals surface area contributed by atoms with E-state index in [1.807, 2.05) is 36.7 Å². The van der Waals surface area contributed by atoms with Crippen LogP contribution in [-0.2, 0) is 17.9 Å². The molecule has 56 heavy (non-hydrogen) atoms. The summed E-state index contributed by atoms with van der Waals surface area (Å²) < 4.78 is 4.18. The number of fused-ring (bicyclic) bond motifs is 3. The third-order valence-electron chi connectivity index (χ3n) is 10.5. The Labute approximate surface area is 327 Å². The van der Waals surface area contributed by atoms with Crippen molar-refractivity contribution in [2.75, 3.05) is 9.80 Å². The first-order chi connectivity index (χ1) is 27.6. The Bertz CT molecular complexity index is 2340. The fraction of sp³-hybridized carbons (Fsp3) is 0.0600. The normalized spacial score (nSPS) is 12.2. The van der Waals surface area contributed by atoms with Gasteiger partial charge in [-0.25, -0.2) is 0 Å². The summed E-state index contributed by atoms with van der Waals surface area (Å²) in [7, 11) is 0. The molecule has 0 saturated carbocycles. The monoisotopic (exact) mass is 728 g/mol. The lowest BCUT2D eigenvalue weighted by Crippen LogP contribution is -2.43. The van der Waals surface area contributed by atoms with Gasteiger partial charge in [-0.05, 0) is 95.1 Å². The van der Waals surface area contributed by atoms with E-state index in [0.717, 1.165) is 67.8 Å². The van der Waals surface area contributed by atoms with E-state index in [1.165, 1.54) is 0 Å². The van der Waals surface area contributed by atoms with Crippen molar-refractivity contribution >= 4 is 40.1 Å². The Balaban J connectivity index is 1.07. The Morgan fingerprint density at radius 3 is 1.02 bits per heavy atom. The quantitative estimate of drug-likeness (QED) is 0.150. The van der Waals surface area contributed by atoms with Crippen LogP contribution in [0.1, 0.15) is 0 Å². The van der Waals surface area contributed by atoms with E-state index in [-0.39, 0.29) is 0 Å². The maximum absolute atomic E-state index is 12.5. The van der Waals surface area contributed by atoms with Gasteiger partial charge in [0.2, 0.25) is 0 Å². The number of nitrogens with zero attached hydrogens (tertiary/aromatic N) is 4. The molecule has 2 aromatic heterocycles. The van der Waals surface area contributed by atoms with Gasteiger partial charge in [0.05, 0.1) is 0 Å². The molecule has 0 unspecified atom stereocenters. The van der Waals surface area contributed by atoms with Crippen LogP contribution in [0.2, 0.25) is 0 Å². The van der Waals surface area contributed by atoms with Crippen molar-refractivity contribution in [2.45, 2.75) is 13.1 Å². The van der Waals surface area contributed by atoms with Crippen LogP contribution in [0.25, 0.3) is 33.6 Å². The summed E-state index contributed by atoms with van der Waals surface area (Å²) in [6, 6.07) is 67.5. The number of rotatable bonds is 9. The van der Waals surface area contributed by atoms with Crippen LogP contribution in [0.15, 0.2) is 207 Å². The van der Waals surface area contributed by atoms with E-state index in [4.69, 9.17) is 0 Å². The van der Waals surface area contributed by atoms with Crippen molar-refractivity contribution in [3.05, 3.63) is 207 Å². The van der Waals surface area contributed by atoms with Gasteiger partial charge in [-0.3, -0.25) is 4.79 Å². The van der Waals surface area contributed by atoms with E-state index in [1.54, 1.807) is 0 Å². The highest BCUT2D eigenvalue weighted by atomic mass is 16.4. The topological polar surface area (TPSA) is 51.5 Å². The van der Waals surface area contributed by atoms with Crippen LogP contribution in [0.4, 0.5) is 34.1 Å². The number of aromatic nitrogens is 2. The molecule has 0 atom stereocenters. The Hall–Kier alpha value is -7.31. The van der Waals surface area contributed by atoms with Crippen molar-refractivity contribution in [3.8, 4) is 33.6 Å². The van der Waals surface area contributed by atoms with Crippen molar-refractivity contribution in [3.63, 3.8) is 0 Å². The number of benzene rings is 6. The number of carboxylic acid groups (broad SMARTS) is 1. The minimum atomic E-state index is -0.800. The van der Waals surface area contributed by atoms with Crippen molar-refractivity contribution in [2.24, 2.45) is 5.92 Å². The molecule has 6 aromatic carbocycles. The number of carboxylic acids is 1. The molecule has 0 radical (unpaired) electrons. The number of carbonyl (C=O) groups is 1. The number of para-hydroxylation sites is 4. The second kappa shape index (κ2) is 15.2. The molecule has 0 fully saturated rings. The van der Waals surface area contributed by atoms with Crippen LogP contribution in [-0.4, -0.2) is 11.1 Å². The number of aliphatic carboxylic acids is 1. The third kappa shape index (κ3) is 6.92. The van der Waals surface area contributed by atoms with Crippen molar-refractivity contribution in [1.82, 2.24) is 0 Å². The van der Waals surface area contributed by atoms with Crippen LogP contribution in [0.5, 0.6) is 0 Å². The highest BCUT2D eigenvalue weighted by molar-refractivity contribution is 5.80. The number of hydrogen-bond acceptors (Lipinski definition) is 3. The molecule has 0 bridgehead atoms. The lowest BCUT2D eigenvalue weighted by molar-refractivity contribution is -0.695. The zero-order chi connectivity index (χ0) is 37.8. The second-order valence-corrected chi connectivity index (χ2v) is 14.0. The zero-order valence-electron chi connectivity index (χ0n) is 30.8. The van der Waals surface area contributed by atoms with Crippen LogP contribution in [0.3, 0.4) is 0 Å². The van der Waals surface area contributed by atoms with Gasteiger partial charge in [-0.2, -0.15) is 9.13 Å². The van der Waals surface area contributed by atoms with Crippen LogP contribution in [0, 0.1) is 5.92 Å². The molecule has 9 rings (SSSR count). The molecule has 0 spiro atoms. The minimum Gasteiger partial charge on any atom is -0.481 e. The number of hydrogen-bond donors (Lipinski definition) is 1. The predicted octanol–water partition coefficient (Wildman–Crippen LogP) is 10.9. The number of pyridine rings is 2. The third-order valence-corrected chi connectivity index (χ3v) is 10.5. The van der Waals surface area contributed by atoms with Gasteiger partial charge in [-0.15, -0.1) is 0 Å². The summed E-state index contributed by atoms with van der Waals surface area (Å²) in [5.74, 6) is -1.37. The fourth-order valence-corrected chi connectivity index (χ4v) is 7.67. The van der Waals surface area contributed by atoms with Crippen molar-refractivity contribution < 1.29 is 19.0 Å². The summed E-state index contributed by atoms with van der Waals surface area (Å²) in [4.78, 5) is 17.0. The van der Waals surface area contributed by atoms with Gasteiger partial charge >= 0.3 is 5.97 Å². The first kappa shape index (κ1) is 34.5. The predicted molar refractivity (Wildman–Crippen MR) is 224 cm³/mol. The second-order valence-electron chi connectivity index (χ2n) is 14.0.